The largest absolute Gasteiger partial charge is 0.376 e. The van der Waals surface area contributed by atoms with E-state index in [4.69, 9.17) is 4.74 Å². The number of nitrogens with one attached hydrogen (secondary N) is 1. The second-order valence-electron chi connectivity index (χ2n) is 5.64. The molecule has 3 nitrogen and oxygen atoms in total. The molecule has 1 heterocycles. The predicted octanol–water partition coefficient (Wildman–Crippen LogP) is 2.12. The molecular weight excluding hydrogens is 212 g/mol. The predicted molar refractivity (Wildman–Crippen MR) is 73.4 cm³/mol. The minimum Gasteiger partial charge on any atom is -0.376 e. The number of nitrogens with zero attached hydrogens (tertiary/aromatic N) is 1. The van der Waals surface area contributed by atoms with Gasteiger partial charge in [0.05, 0.1) is 12.7 Å². The van der Waals surface area contributed by atoms with E-state index < -0.39 is 0 Å². The molecule has 1 unspecified atom stereocenters. The Balaban J connectivity index is 1.93. The summed E-state index contributed by atoms with van der Waals surface area (Å²) in [6, 6.07) is 0. The summed E-state index contributed by atoms with van der Waals surface area (Å²) in [5.74, 6) is 0.718. The highest BCUT2D eigenvalue weighted by Crippen LogP contribution is 2.07. The van der Waals surface area contributed by atoms with E-state index in [0.717, 1.165) is 32.2 Å². The first kappa shape index (κ1) is 14.9. The lowest BCUT2D eigenvalue weighted by atomic mass is 10.1. The number of hydrogen-bond donors (Lipinski definition) is 1. The van der Waals surface area contributed by atoms with E-state index in [0.29, 0.717) is 6.10 Å². The molecule has 102 valence electrons. The molecule has 1 rings (SSSR count). The van der Waals surface area contributed by atoms with Crippen LogP contribution in [0.25, 0.3) is 0 Å². The van der Waals surface area contributed by atoms with Crippen molar-refractivity contribution in [2.24, 2.45) is 5.92 Å². The maximum Gasteiger partial charge on any atom is 0.0672 e. The van der Waals surface area contributed by atoms with Crippen molar-refractivity contribution in [2.75, 3.05) is 39.3 Å². The van der Waals surface area contributed by atoms with Crippen molar-refractivity contribution in [1.82, 2.24) is 10.2 Å². The first-order valence-corrected chi connectivity index (χ1v) is 7.23. The molecule has 1 aliphatic heterocycles. The highest BCUT2D eigenvalue weighted by molar-refractivity contribution is 4.64. The summed E-state index contributed by atoms with van der Waals surface area (Å²) in [6.07, 6.45) is 4.47. The maximum atomic E-state index is 5.82. The van der Waals surface area contributed by atoms with E-state index in [-0.39, 0.29) is 0 Å². The summed E-state index contributed by atoms with van der Waals surface area (Å²) in [5, 5.41) is 3.43. The van der Waals surface area contributed by atoms with Crippen LogP contribution in [0.4, 0.5) is 0 Å². The molecule has 1 aliphatic rings. The Morgan fingerprint density at radius 1 is 1.06 bits per heavy atom. The van der Waals surface area contributed by atoms with Crippen LogP contribution in [0.3, 0.4) is 0 Å². The Bertz CT molecular complexity index is 179. The van der Waals surface area contributed by atoms with Crippen LogP contribution < -0.4 is 5.32 Å². The van der Waals surface area contributed by atoms with Crippen molar-refractivity contribution in [3.8, 4) is 0 Å². The number of likely N-dealkylation sites (tertiary alicyclic amines) is 1. The van der Waals surface area contributed by atoms with Crippen molar-refractivity contribution < 1.29 is 4.74 Å². The van der Waals surface area contributed by atoms with Gasteiger partial charge in [-0.05, 0) is 45.3 Å². The number of hydrogen-bond acceptors (Lipinski definition) is 3. The van der Waals surface area contributed by atoms with Crippen molar-refractivity contribution in [3.05, 3.63) is 0 Å². The van der Waals surface area contributed by atoms with Crippen molar-refractivity contribution in [3.63, 3.8) is 0 Å². The third kappa shape index (κ3) is 7.74. The van der Waals surface area contributed by atoms with Gasteiger partial charge in [0.25, 0.3) is 0 Å². The second-order valence-corrected chi connectivity index (χ2v) is 5.64. The standard InChI is InChI=1S/C14H30N2O/c1-13(2)11-15-12-14(3)17-10-9-16-7-5-4-6-8-16/h13-15H,4-12H2,1-3H3. The minimum absolute atomic E-state index is 0.332. The number of rotatable bonds is 8. The highest BCUT2D eigenvalue weighted by atomic mass is 16.5. The van der Waals surface area contributed by atoms with E-state index in [1.165, 1.54) is 32.4 Å². The van der Waals surface area contributed by atoms with Crippen LogP contribution in [0.15, 0.2) is 0 Å². The number of piperidine rings is 1. The van der Waals surface area contributed by atoms with Gasteiger partial charge in [-0.25, -0.2) is 0 Å². The Kier molecular flexibility index (Phi) is 7.82. The molecule has 0 aromatic heterocycles. The van der Waals surface area contributed by atoms with Gasteiger partial charge in [-0.1, -0.05) is 20.3 Å². The second kappa shape index (κ2) is 8.90. The normalized spacial score (nSPS) is 19.8. The van der Waals surface area contributed by atoms with E-state index in [9.17, 15) is 0 Å². The van der Waals surface area contributed by atoms with Crippen LogP contribution in [0.1, 0.15) is 40.0 Å². The first-order chi connectivity index (χ1) is 8.18. The van der Waals surface area contributed by atoms with E-state index in [2.05, 4.69) is 31.0 Å². The van der Waals surface area contributed by atoms with Gasteiger partial charge in [0, 0.05) is 13.1 Å². The summed E-state index contributed by atoms with van der Waals surface area (Å²) >= 11 is 0. The summed E-state index contributed by atoms with van der Waals surface area (Å²) in [4.78, 5) is 2.53. The lowest BCUT2D eigenvalue weighted by Gasteiger charge is -2.26. The number of ether oxygens (including phenoxy) is 1. The summed E-state index contributed by atoms with van der Waals surface area (Å²) < 4.78 is 5.82. The molecule has 0 aromatic rings. The Morgan fingerprint density at radius 3 is 2.41 bits per heavy atom. The molecule has 1 fully saturated rings. The molecular formula is C14H30N2O. The van der Waals surface area contributed by atoms with Crippen molar-refractivity contribution in [1.29, 1.82) is 0 Å². The highest BCUT2D eigenvalue weighted by Gasteiger charge is 2.10. The third-order valence-electron chi connectivity index (χ3n) is 3.24. The van der Waals surface area contributed by atoms with Crippen LogP contribution in [0, 0.1) is 5.92 Å². The molecule has 0 aromatic carbocycles. The average Bonchev–Trinajstić information content (AvgIpc) is 2.30. The molecule has 0 amide bonds. The summed E-state index contributed by atoms with van der Waals surface area (Å²) in [6.45, 7) is 13.2. The first-order valence-electron chi connectivity index (χ1n) is 7.23. The molecule has 3 heteroatoms. The smallest absolute Gasteiger partial charge is 0.0672 e. The van der Waals surface area contributed by atoms with Gasteiger partial charge in [0.1, 0.15) is 0 Å². The van der Waals surface area contributed by atoms with Crippen LogP contribution in [0.2, 0.25) is 0 Å². The summed E-state index contributed by atoms with van der Waals surface area (Å²) in [5.41, 5.74) is 0. The van der Waals surface area contributed by atoms with Crippen LogP contribution in [0.5, 0.6) is 0 Å². The van der Waals surface area contributed by atoms with Crippen LogP contribution in [-0.2, 0) is 4.74 Å². The zero-order valence-corrected chi connectivity index (χ0v) is 11.9. The molecule has 1 atom stereocenters. The minimum atomic E-state index is 0.332. The van der Waals surface area contributed by atoms with Crippen molar-refractivity contribution >= 4 is 0 Å². The van der Waals surface area contributed by atoms with Crippen LogP contribution >= 0.6 is 0 Å². The SMILES string of the molecule is CC(C)CNCC(C)OCCN1CCCCC1. The Hall–Kier alpha value is -0.120. The molecule has 0 bridgehead atoms. The summed E-state index contributed by atoms with van der Waals surface area (Å²) in [7, 11) is 0. The molecule has 0 radical (unpaired) electrons. The molecule has 1 saturated heterocycles. The zero-order valence-electron chi connectivity index (χ0n) is 11.9. The van der Waals surface area contributed by atoms with E-state index in [1.54, 1.807) is 0 Å². The quantitative estimate of drug-likeness (QED) is 0.705. The van der Waals surface area contributed by atoms with Crippen molar-refractivity contribution in [2.45, 2.75) is 46.1 Å². The maximum absolute atomic E-state index is 5.82. The average molecular weight is 242 g/mol. The van der Waals surface area contributed by atoms with Gasteiger partial charge in [-0.2, -0.15) is 0 Å². The lowest BCUT2D eigenvalue weighted by Crippen LogP contribution is -2.35. The van der Waals surface area contributed by atoms with E-state index in [1.807, 2.05) is 0 Å². The molecule has 1 N–H and O–H groups in total. The lowest BCUT2D eigenvalue weighted by molar-refractivity contribution is 0.0448. The van der Waals surface area contributed by atoms with Gasteiger partial charge in [0.2, 0.25) is 0 Å². The topological polar surface area (TPSA) is 24.5 Å². The van der Waals surface area contributed by atoms with Crippen LogP contribution in [-0.4, -0.2) is 50.3 Å². The van der Waals surface area contributed by atoms with Gasteiger partial charge in [-0.15, -0.1) is 0 Å². The Labute approximate surface area is 107 Å². The van der Waals surface area contributed by atoms with Gasteiger partial charge in [-0.3, -0.25) is 0 Å². The fourth-order valence-corrected chi connectivity index (χ4v) is 2.20. The molecule has 0 spiro atoms. The fraction of sp³-hybridized carbons (Fsp3) is 1.00. The third-order valence-corrected chi connectivity index (χ3v) is 3.24. The van der Waals surface area contributed by atoms with Gasteiger partial charge in [0.15, 0.2) is 0 Å². The zero-order chi connectivity index (χ0) is 12.5. The van der Waals surface area contributed by atoms with Gasteiger partial charge >= 0.3 is 0 Å². The monoisotopic (exact) mass is 242 g/mol. The van der Waals surface area contributed by atoms with Gasteiger partial charge < -0.3 is 15.0 Å². The molecule has 17 heavy (non-hydrogen) atoms. The fourth-order valence-electron chi connectivity index (χ4n) is 2.20. The molecule has 0 saturated carbocycles. The molecule has 0 aliphatic carbocycles. The van der Waals surface area contributed by atoms with E-state index >= 15 is 0 Å². The Morgan fingerprint density at radius 2 is 1.76 bits per heavy atom.